The van der Waals surface area contributed by atoms with Gasteiger partial charge in [0, 0.05) is 25.4 Å². The number of amides is 1. The molecule has 142 valence electrons. The van der Waals surface area contributed by atoms with E-state index in [-0.39, 0.29) is 5.91 Å². The summed E-state index contributed by atoms with van der Waals surface area (Å²) in [4.78, 5) is 19.3. The highest BCUT2D eigenvalue weighted by Crippen LogP contribution is 2.15. The second-order valence-electron chi connectivity index (χ2n) is 7.02. The van der Waals surface area contributed by atoms with Crippen LogP contribution in [0.5, 0.6) is 0 Å². The molecule has 1 aliphatic rings. The van der Waals surface area contributed by atoms with E-state index in [0.29, 0.717) is 12.1 Å². The summed E-state index contributed by atoms with van der Waals surface area (Å²) in [5, 5.41) is 11.8. The van der Waals surface area contributed by atoms with Gasteiger partial charge < -0.3 is 5.32 Å². The number of hydrogen-bond acceptors (Lipinski definition) is 5. The number of hydrogen-bond donors (Lipinski definition) is 1. The molecule has 8 nitrogen and oxygen atoms in total. The van der Waals surface area contributed by atoms with Crippen molar-refractivity contribution in [3.63, 3.8) is 0 Å². The maximum absolute atomic E-state index is 12.6. The number of nitrogens with zero attached hydrogens (tertiary/aromatic N) is 6. The van der Waals surface area contributed by atoms with E-state index >= 15 is 0 Å². The smallest absolute Gasteiger partial charge is 0.255 e. The lowest BCUT2D eigenvalue weighted by Crippen LogP contribution is -2.34. The highest BCUT2D eigenvalue weighted by Gasteiger charge is 2.19. The molecular formula is C19H25N7O. The predicted molar refractivity (Wildman–Crippen MR) is 101 cm³/mol. The molecule has 0 fully saturated rings. The Kier molecular flexibility index (Phi) is 4.89. The van der Waals surface area contributed by atoms with E-state index in [1.165, 1.54) is 18.5 Å². The Hall–Kier alpha value is -2.74. The first-order valence-corrected chi connectivity index (χ1v) is 9.51. The van der Waals surface area contributed by atoms with E-state index < -0.39 is 0 Å². The lowest BCUT2D eigenvalue weighted by Gasteiger charge is -2.27. The SMILES string of the molecule is CCCCN1CCn2nc(CNC(=O)c3cnc4ccnn4c3C)cc2C1. The van der Waals surface area contributed by atoms with Crippen molar-refractivity contribution in [3.8, 4) is 0 Å². The number of aromatic nitrogens is 5. The van der Waals surface area contributed by atoms with Gasteiger partial charge in [0.25, 0.3) is 5.91 Å². The van der Waals surface area contributed by atoms with Crippen LogP contribution in [-0.2, 0) is 19.6 Å². The van der Waals surface area contributed by atoms with E-state index in [4.69, 9.17) is 0 Å². The van der Waals surface area contributed by atoms with Crippen LogP contribution < -0.4 is 5.32 Å². The summed E-state index contributed by atoms with van der Waals surface area (Å²) in [6.45, 7) is 8.51. The molecule has 0 unspecified atom stereocenters. The number of aryl methyl sites for hydroxylation is 1. The van der Waals surface area contributed by atoms with Crippen molar-refractivity contribution < 1.29 is 4.79 Å². The van der Waals surface area contributed by atoms with E-state index in [2.05, 4.69) is 43.1 Å². The van der Waals surface area contributed by atoms with E-state index in [0.717, 1.165) is 43.2 Å². The van der Waals surface area contributed by atoms with Crippen LogP contribution in [0.4, 0.5) is 0 Å². The monoisotopic (exact) mass is 367 g/mol. The van der Waals surface area contributed by atoms with Crippen LogP contribution in [0.2, 0.25) is 0 Å². The molecular weight excluding hydrogens is 342 g/mol. The summed E-state index contributed by atoms with van der Waals surface area (Å²) >= 11 is 0. The lowest BCUT2D eigenvalue weighted by atomic mass is 10.2. The van der Waals surface area contributed by atoms with Gasteiger partial charge in [-0.2, -0.15) is 10.2 Å². The number of fused-ring (bicyclic) bond motifs is 2. The molecule has 0 bridgehead atoms. The first-order valence-electron chi connectivity index (χ1n) is 9.51. The summed E-state index contributed by atoms with van der Waals surface area (Å²) in [5.41, 5.74) is 4.15. The van der Waals surface area contributed by atoms with E-state index in [9.17, 15) is 4.79 Å². The largest absolute Gasteiger partial charge is 0.346 e. The highest BCUT2D eigenvalue weighted by molar-refractivity contribution is 5.95. The molecule has 0 atom stereocenters. The molecule has 3 aromatic heterocycles. The Labute approximate surface area is 158 Å². The van der Waals surface area contributed by atoms with Crippen LogP contribution in [0, 0.1) is 6.92 Å². The van der Waals surface area contributed by atoms with Crippen molar-refractivity contribution in [1.82, 2.24) is 34.6 Å². The maximum Gasteiger partial charge on any atom is 0.255 e. The number of carbonyl (C=O) groups is 1. The van der Waals surface area contributed by atoms with Gasteiger partial charge in [0.05, 0.1) is 41.9 Å². The third-order valence-electron chi connectivity index (χ3n) is 5.09. The molecule has 0 aromatic carbocycles. The molecule has 0 saturated carbocycles. The normalized spacial score (nSPS) is 14.4. The molecule has 1 aliphatic heterocycles. The summed E-state index contributed by atoms with van der Waals surface area (Å²) in [6, 6.07) is 3.91. The van der Waals surface area contributed by atoms with Gasteiger partial charge in [-0.1, -0.05) is 13.3 Å². The van der Waals surface area contributed by atoms with Crippen molar-refractivity contribution in [3.05, 3.63) is 47.2 Å². The molecule has 0 spiro atoms. The van der Waals surface area contributed by atoms with Crippen LogP contribution >= 0.6 is 0 Å². The minimum absolute atomic E-state index is 0.159. The first kappa shape index (κ1) is 17.7. The van der Waals surface area contributed by atoms with Crippen LogP contribution in [-0.4, -0.2) is 48.3 Å². The summed E-state index contributed by atoms with van der Waals surface area (Å²) in [5.74, 6) is -0.159. The molecule has 0 radical (unpaired) electrons. The number of unbranched alkanes of at least 4 members (excludes halogenated alkanes) is 1. The van der Waals surface area contributed by atoms with Gasteiger partial charge in [-0.25, -0.2) is 9.50 Å². The van der Waals surface area contributed by atoms with Crippen LogP contribution in [0.1, 0.15) is 47.2 Å². The molecule has 1 amide bonds. The summed E-state index contributed by atoms with van der Waals surface area (Å²) in [7, 11) is 0. The molecule has 4 rings (SSSR count). The molecule has 3 aromatic rings. The van der Waals surface area contributed by atoms with E-state index in [1.54, 1.807) is 16.9 Å². The average Bonchev–Trinajstić information content (AvgIpc) is 3.31. The summed E-state index contributed by atoms with van der Waals surface area (Å²) < 4.78 is 3.74. The van der Waals surface area contributed by atoms with Gasteiger partial charge in [0.1, 0.15) is 0 Å². The van der Waals surface area contributed by atoms with Gasteiger partial charge in [0.2, 0.25) is 0 Å². The molecule has 27 heavy (non-hydrogen) atoms. The van der Waals surface area contributed by atoms with Crippen molar-refractivity contribution in [2.75, 3.05) is 13.1 Å². The molecule has 0 aliphatic carbocycles. The zero-order valence-electron chi connectivity index (χ0n) is 15.9. The zero-order valence-corrected chi connectivity index (χ0v) is 15.9. The van der Waals surface area contributed by atoms with Gasteiger partial charge in [-0.3, -0.25) is 14.4 Å². The number of rotatable bonds is 6. The quantitative estimate of drug-likeness (QED) is 0.718. The summed E-state index contributed by atoms with van der Waals surface area (Å²) in [6.07, 6.45) is 5.72. The van der Waals surface area contributed by atoms with Crippen molar-refractivity contribution in [2.45, 2.75) is 46.3 Å². The third-order valence-corrected chi connectivity index (χ3v) is 5.09. The zero-order chi connectivity index (χ0) is 18.8. The third kappa shape index (κ3) is 3.57. The van der Waals surface area contributed by atoms with Crippen molar-refractivity contribution in [2.24, 2.45) is 0 Å². The molecule has 1 N–H and O–H groups in total. The Morgan fingerprint density at radius 1 is 1.33 bits per heavy atom. The first-order chi connectivity index (χ1) is 13.2. The van der Waals surface area contributed by atoms with E-state index in [1.807, 2.05) is 13.0 Å². The van der Waals surface area contributed by atoms with Crippen LogP contribution in [0.15, 0.2) is 24.5 Å². The standard InChI is InChI=1S/C19H25N7O/c1-3-4-7-24-8-9-25-16(13-24)10-15(23-25)11-21-19(27)17-12-20-18-5-6-22-26(18)14(17)2/h5-6,10,12H,3-4,7-9,11,13H2,1-2H3,(H,21,27). The second-order valence-corrected chi connectivity index (χ2v) is 7.02. The van der Waals surface area contributed by atoms with Crippen molar-refractivity contribution >= 4 is 11.6 Å². The average molecular weight is 367 g/mol. The topological polar surface area (TPSA) is 80.3 Å². The Balaban J connectivity index is 1.41. The van der Waals surface area contributed by atoms with Gasteiger partial charge in [-0.05, 0) is 26.0 Å². The highest BCUT2D eigenvalue weighted by atomic mass is 16.1. The fraction of sp³-hybridized carbons (Fsp3) is 0.474. The lowest BCUT2D eigenvalue weighted by molar-refractivity contribution is 0.0948. The molecule has 8 heteroatoms. The Bertz CT molecular complexity index is 958. The Morgan fingerprint density at radius 3 is 3.07 bits per heavy atom. The van der Waals surface area contributed by atoms with Gasteiger partial charge in [-0.15, -0.1) is 0 Å². The van der Waals surface area contributed by atoms with Crippen LogP contribution in [0.3, 0.4) is 0 Å². The fourth-order valence-corrected chi connectivity index (χ4v) is 3.52. The molecule has 4 heterocycles. The maximum atomic E-state index is 12.6. The minimum Gasteiger partial charge on any atom is -0.346 e. The fourth-order valence-electron chi connectivity index (χ4n) is 3.52. The van der Waals surface area contributed by atoms with Gasteiger partial charge >= 0.3 is 0 Å². The number of nitrogens with one attached hydrogen (secondary N) is 1. The predicted octanol–water partition coefficient (Wildman–Crippen LogP) is 1.78. The molecule has 0 saturated heterocycles. The minimum atomic E-state index is -0.159. The van der Waals surface area contributed by atoms with Gasteiger partial charge in [0.15, 0.2) is 5.65 Å². The Morgan fingerprint density at radius 2 is 2.22 bits per heavy atom. The second kappa shape index (κ2) is 7.48. The van der Waals surface area contributed by atoms with Crippen LogP contribution in [0.25, 0.3) is 5.65 Å². The van der Waals surface area contributed by atoms with Crippen molar-refractivity contribution in [1.29, 1.82) is 0 Å². The number of carbonyl (C=O) groups excluding carboxylic acids is 1.